The Bertz CT molecular complexity index is 348. The fourth-order valence-electron chi connectivity index (χ4n) is 3.16. The molecule has 2 aliphatic rings. The highest BCUT2D eigenvalue weighted by Crippen LogP contribution is 2.40. The molecule has 3 N–H and O–H groups in total. The molecule has 1 saturated heterocycles. The molecule has 1 aliphatic carbocycles. The summed E-state index contributed by atoms with van der Waals surface area (Å²) < 4.78 is 0. The minimum absolute atomic E-state index is 0.126. The second kappa shape index (κ2) is 6.15. The standard InChI is InChI=1S/C13H23N3O2S/c14-11(19)13(3-1-2-4-13)12(18)16-7-5-15(6-8-16)9-10-17/h17H,1-10H2,(H2,14,19). The van der Waals surface area contributed by atoms with Crippen LogP contribution in [-0.4, -0.2) is 65.1 Å². The first kappa shape index (κ1) is 14.7. The second-order valence-corrected chi connectivity index (χ2v) is 5.95. The van der Waals surface area contributed by atoms with Crippen molar-refractivity contribution in [2.75, 3.05) is 39.3 Å². The average Bonchev–Trinajstić information content (AvgIpc) is 2.90. The fraction of sp³-hybridized carbons (Fsp3) is 0.846. The number of amides is 1. The number of rotatable bonds is 4. The van der Waals surface area contributed by atoms with Crippen LogP contribution in [0.5, 0.6) is 0 Å². The third-order valence-corrected chi connectivity index (χ3v) is 4.80. The van der Waals surface area contributed by atoms with Gasteiger partial charge in [0.2, 0.25) is 5.91 Å². The Labute approximate surface area is 119 Å². The lowest BCUT2D eigenvalue weighted by Crippen LogP contribution is -2.55. The van der Waals surface area contributed by atoms with E-state index in [1.807, 2.05) is 4.90 Å². The van der Waals surface area contributed by atoms with E-state index in [9.17, 15) is 4.79 Å². The monoisotopic (exact) mass is 285 g/mol. The number of β-amino-alcohol motifs (C(OH)–C–C–N with tert-alkyl or cyclic N) is 1. The smallest absolute Gasteiger partial charge is 0.235 e. The molecule has 2 fully saturated rings. The van der Waals surface area contributed by atoms with Gasteiger partial charge in [0, 0.05) is 32.7 Å². The highest BCUT2D eigenvalue weighted by Gasteiger charge is 2.46. The van der Waals surface area contributed by atoms with Gasteiger partial charge < -0.3 is 15.7 Å². The Morgan fingerprint density at radius 1 is 1.21 bits per heavy atom. The number of thiocarbonyl (C=S) groups is 1. The van der Waals surface area contributed by atoms with Gasteiger partial charge in [0.15, 0.2) is 0 Å². The Morgan fingerprint density at radius 3 is 2.26 bits per heavy atom. The summed E-state index contributed by atoms with van der Waals surface area (Å²) in [6.45, 7) is 3.92. The molecule has 5 nitrogen and oxygen atoms in total. The maximum absolute atomic E-state index is 12.7. The topological polar surface area (TPSA) is 69.8 Å². The van der Waals surface area contributed by atoms with E-state index in [1.165, 1.54) is 0 Å². The van der Waals surface area contributed by atoms with Crippen LogP contribution in [0.3, 0.4) is 0 Å². The molecule has 0 aromatic rings. The molecule has 6 heteroatoms. The zero-order valence-corrected chi connectivity index (χ0v) is 12.1. The Morgan fingerprint density at radius 2 is 1.79 bits per heavy atom. The van der Waals surface area contributed by atoms with Crippen LogP contribution in [0.1, 0.15) is 25.7 Å². The van der Waals surface area contributed by atoms with E-state index in [0.29, 0.717) is 24.6 Å². The maximum Gasteiger partial charge on any atom is 0.235 e. The number of hydrogen-bond donors (Lipinski definition) is 2. The van der Waals surface area contributed by atoms with Crippen LogP contribution in [0.25, 0.3) is 0 Å². The van der Waals surface area contributed by atoms with E-state index in [4.69, 9.17) is 23.1 Å². The summed E-state index contributed by atoms with van der Waals surface area (Å²) >= 11 is 5.16. The molecule has 1 aliphatic heterocycles. The molecule has 108 valence electrons. The van der Waals surface area contributed by atoms with E-state index >= 15 is 0 Å². The molecule has 0 spiro atoms. The number of aliphatic hydroxyl groups is 1. The lowest BCUT2D eigenvalue weighted by molar-refractivity contribution is -0.140. The number of piperazine rings is 1. The van der Waals surface area contributed by atoms with E-state index in [1.54, 1.807) is 0 Å². The van der Waals surface area contributed by atoms with E-state index in [2.05, 4.69) is 4.90 Å². The molecule has 0 radical (unpaired) electrons. The third kappa shape index (κ3) is 2.90. The molecule has 0 aromatic heterocycles. The van der Waals surface area contributed by atoms with Crippen LogP contribution < -0.4 is 5.73 Å². The van der Waals surface area contributed by atoms with Crippen LogP contribution >= 0.6 is 12.2 Å². The summed E-state index contributed by atoms with van der Waals surface area (Å²) in [5.74, 6) is 0.126. The van der Waals surface area contributed by atoms with Gasteiger partial charge in [0.25, 0.3) is 0 Å². The van der Waals surface area contributed by atoms with Crippen molar-refractivity contribution in [1.29, 1.82) is 0 Å². The molecular weight excluding hydrogens is 262 g/mol. The highest BCUT2D eigenvalue weighted by atomic mass is 32.1. The van der Waals surface area contributed by atoms with Crippen LogP contribution in [0.15, 0.2) is 0 Å². The molecule has 1 heterocycles. The Balaban J connectivity index is 1.98. The first-order chi connectivity index (χ1) is 9.10. The van der Waals surface area contributed by atoms with Gasteiger partial charge in [-0.25, -0.2) is 0 Å². The predicted molar refractivity (Wildman–Crippen MR) is 77.8 cm³/mol. The summed E-state index contributed by atoms with van der Waals surface area (Å²) in [5.41, 5.74) is 5.28. The third-order valence-electron chi connectivity index (χ3n) is 4.41. The van der Waals surface area contributed by atoms with E-state index in [0.717, 1.165) is 38.8 Å². The largest absolute Gasteiger partial charge is 0.395 e. The molecule has 2 rings (SSSR count). The summed E-state index contributed by atoms with van der Waals surface area (Å²) in [4.78, 5) is 17.2. The number of aliphatic hydroxyl groups excluding tert-OH is 1. The summed E-state index contributed by atoms with van der Waals surface area (Å²) in [6.07, 6.45) is 3.68. The minimum atomic E-state index is -0.575. The van der Waals surface area contributed by atoms with Crippen LogP contribution in [0, 0.1) is 5.41 Å². The van der Waals surface area contributed by atoms with Gasteiger partial charge in [-0.3, -0.25) is 9.69 Å². The van der Waals surface area contributed by atoms with Gasteiger partial charge in [-0.15, -0.1) is 0 Å². The van der Waals surface area contributed by atoms with Gasteiger partial charge in [-0.1, -0.05) is 25.1 Å². The van der Waals surface area contributed by atoms with Gasteiger partial charge in [0.05, 0.1) is 17.0 Å². The highest BCUT2D eigenvalue weighted by molar-refractivity contribution is 7.80. The van der Waals surface area contributed by atoms with Gasteiger partial charge in [-0.2, -0.15) is 0 Å². The summed E-state index contributed by atoms with van der Waals surface area (Å²) in [5, 5.41) is 8.92. The predicted octanol–water partition coefficient (Wildman–Crippen LogP) is -0.0306. The van der Waals surface area contributed by atoms with Crippen LogP contribution in [0.2, 0.25) is 0 Å². The number of nitrogens with two attached hydrogens (primary N) is 1. The van der Waals surface area contributed by atoms with Crippen LogP contribution in [-0.2, 0) is 4.79 Å². The molecule has 1 saturated carbocycles. The van der Waals surface area contributed by atoms with Crippen molar-refractivity contribution in [2.24, 2.45) is 11.1 Å². The molecule has 0 unspecified atom stereocenters. The van der Waals surface area contributed by atoms with Crippen molar-refractivity contribution in [1.82, 2.24) is 9.80 Å². The van der Waals surface area contributed by atoms with Gasteiger partial charge >= 0.3 is 0 Å². The van der Waals surface area contributed by atoms with Crippen molar-refractivity contribution >= 4 is 23.1 Å². The lowest BCUT2D eigenvalue weighted by atomic mass is 9.84. The fourth-order valence-corrected chi connectivity index (χ4v) is 3.45. The van der Waals surface area contributed by atoms with Crippen molar-refractivity contribution < 1.29 is 9.90 Å². The molecule has 19 heavy (non-hydrogen) atoms. The number of hydrogen-bond acceptors (Lipinski definition) is 4. The first-order valence-electron chi connectivity index (χ1n) is 7.03. The van der Waals surface area contributed by atoms with Crippen molar-refractivity contribution in [3.8, 4) is 0 Å². The number of nitrogens with zero attached hydrogens (tertiary/aromatic N) is 2. The molecule has 1 amide bonds. The van der Waals surface area contributed by atoms with Gasteiger partial charge in [-0.05, 0) is 12.8 Å². The molecule has 0 bridgehead atoms. The molecular formula is C13H23N3O2S. The van der Waals surface area contributed by atoms with Crippen molar-refractivity contribution in [3.63, 3.8) is 0 Å². The van der Waals surface area contributed by atoms with E-state index in [-0.39, 0.29) is 12.5 Å². The number of carbonyl (C=O) groups excluding carboxylic acids is 1. The van der Waals surface area contributed by atoms with Crippen molar-refractivity contribution in [3.05, 3.63) is 0 Å². The molecule has 0 atom stereocenters. The van der Waals surface area contributed by atoms with Crippen molar-refractivity contribution in [2.45, 2.75) is 25.7 Å². The van der Waals surface area contributed by atoms with E-state index < -0.39 is 5.41 Å². The number of carbonyl (C=O) groups is 1. The first-order valence-corrected chi connectivity index (χ1v) is 7.43. The maximum atomic E-state index is 12.7. The zero-order valence-electron chi connectivity index (χ0n) is 11.3. The SMILES string of the molecule is NC(=S)C1(C(=O)N2CCN(CCO)CC2)CCCC1. The van der Waals surface area contributed by atoms with Gasteiger partial charge in [0.1, 0.15) is 0 Å². The summed E-state index contributed by atoms with van der Waals surface area (Å²) in [6, 6.07) is 0. The normalized spacial score (nSPS) is 23.5. The Kier molecular flexibility index (Phi) is 4.76. The quantitative estimate of drug-likeness (QED) is 0.710. The van der Waals surface area contributed by atoms with Crippen LogP contribution in [0.4, 0.5) is 0 Å². The lowest BCUT2D eigenvalue weighted by Gasteiger charge is -2.39. The Hall–Kier alpha value is -0.720. The summed E-state index contributed by atoms with van der Waals surface area (Å²) in [7, 11) is 0. The second-order valence-electron chi connectivity index (χ2n) is 5.51. The average molecular weight is 285 g/mol. The molecule has 0 aromatic carbocycles. The zero-order chi connectivity index (χ0) is 13.9. The minimum Gasteiger partial charge on any atom is -0.395 e.